The van der Waals surface area contributed by atoms with Crippen molar-refractivity contribution in [3.05, 3.63) is 47.5 Å². The summed E-state index contributed by atoms with van der Waals surface area (Å²) < 4.78 is 0. The Kier molecular flexibility index (Phi) is 9.11. The first-order valence-electron chi connectivity index (χ1n) is 8.47. The third kappa shape index (κ3) is 7.53. The van der Waals surface area contributed by atoms with Crippen molar-refractivity contribution in [3.63, 3.8) is 0 Å². The summed E-state index contributed by atoms with van der Waals surface area (Å²) in [6.07, 6.45) is 15.8. The smallest absolute Gasteiger partial charge is 0.00104 e. The molecule has 0 saturated heterocycles. The lowest BCUT2D eigenvalue weighted by atomic mass is 9.99. The third-order valence-corrected chi connectivity index (χ3v) is 4.00. The van der Waals surface area contributed by atoms with E-state index in [9.17, 15) is 0 Å². The van der Waals surface area contributed by atoms with Crippen LogP contribution in [0.5, 0.6) is 0 Å². The van der Waals surface area contributed by atoms with E-state index >= 15 is 0 Å². The molecule has 0 saturated carbocycles. The van der Waals surface area contributed by atoms with Gasteiger partial charge in [0.1, 0.15) is 0 Å². The van der Waals surface area contributed by atoms with Crippen LogP contribution in [-0.4, -0.2) is 0 Å². The van der Waals surface area contributed by atoms with Gasteiger partial charge in [-0.05, 0) is 31.2 Å². The lowest BCUT2D eigenvalue weighted by molar-refractivity contribution is 0.592. The quantitative estimate of drug-likeness (QED) is 0.325. The zero-order chi connectivity index (χ0) is 14.6. The molecular formula is C20H32. The number of hydrogen-bond acceptors (Lipinski definition) is 0. The Hall–Kier alpha value is -1.04. The van der Waals surface area contributed by atoms with Crippen molar-refractivity contribution in [1.29, 1.82) is 0 Å². The van der Waals surface area contributed by atoms with Crippen molar-refractivity contribution in [2.75, 3.05) is 0 Å². The summed E-state index contributed by atoms with van der Waals surface area (Å²) in [6, 6.07) is 8.90. The monoisotopic (exact) mass is 272 g/mol. The van der Waals surface area contributed by atoms with Gasteiger partial charge in [-0.1, -0.05) is 94.4 Å². The molecule has 1 unspecified atom stereocenters. The van der Waals surface area contributed by atoms with Crippen molar-refractivity contribution >= 4 is 0 Å². The summed E-state index contributed by atoms with van der Waals surface area (Å²) in [7, 11) is 0. The van der Waals surface area contributed by atoms with Crippen LogP contribution in [0.3, 0.4) is 0 Å². The van der Waals surface area contributed by atoms with E-state index in [1.165, 1.54) is 62.5 Å². The standard InChI is InChI=1S/C20H32/c1-4-5-6-7-8-9-10-11-12-13-19(3)20-16-14-18(2)15-17-20/h12-17,19H,4-11H2,1-3H3. The molecule has 0 spiro atoms. The van der Waals surface area contributed by atoms with Gasteiger partial charge in [-0.25, -0.2) is 0 Å². The lowest BCUT2D eigenvalue weighted by Gasteiger charge is -2.07. The Morgan fingerprint density at radius 1 is 0.900 bits per heavy atom. The molecule has 0 aliphatic heterocycles. The second-order valence-electron chi connectivity index (χ2n) is 6.04. The number of unbranched alkanes of at least 4 members (excludes halogenated alkanes) is 7. The highest BCUT2D eigenvalue weighted by Crippen LogP contribution is 2.17. The summed E-state index contributed by atoms with van der Waals surface area (Å²) in [5.74, 6) is 0.542. The molecule has 0 aliphatic carbocycles. The molecule has 112 valence electrons. The maximum Gasteiger partial charge on any atom is -0.00104 e. The summed E-state index contributed by atoms with van der Waals surface area (Å²) >= 11 is 0. The summed E-state index contributed by atoms with van der Waals surface area (Å²) in [5.41, 5.74) is 2.76. The van der Waals surface area contributed by atoms with Crippen LogP contribution in [0.4, 0.5) is 0 Å². The fourth-order valence-electron chi connectivity index (χ4n) is 2.50. The van der Waals surface area contributed by atoms with Gasteiger partial charge in [0.05, 0.1) is 0 Å². The summed E-state index contributed by atoms with van der Waals surface area (Å²) in [4.78, 5) is 0. The Morgan fingerprint density at radius 3 is 2.15 bits per heavy atom. The van der Waals surface area contributed by atoms with Gasteiger partial charge >= 0.3 is 0 Å². The van der Waals surface area contributed by atoms with E-state index in [1.54, 1.807) is 0 Å². The van der Waals surface area contributed by atoms with E-state index in [1.807, 2.05) is 0 Å². The molecule has 0 N–H and O–H groups in total. The van der Waals surface area contributed by atoms with Crippen molar-refractivity contribution in [2.24, 2.45) is 0 Å². The van der Waals surface area contributed by atoms with E-state index in [0.717, 1.165) is 0 Å². The van der Waals surface area contributed by atoms with E-state index < -0.39 is 0 Å². The SMILES string of the molecule is CCCCCCCCCC=CC(C)c1ccc(C)cc1. The molecule has 0 radical (unpaired) electrons. The number of rotatable bonds is 10. The number of hydrogen-bond donors (Lipinski definition) is 0. The molecule has 0 fully saturated rings. The van der Waals surface area contributed by atoms with Crippen LogP contribution in [0.1, 0.15) is 82.3 Å². The normalized spacial score (nSPS) is 12.9. The molecule has 0 aromatic heterocycles. The molecule has 1 aromatic rings. The fourth-order valence-corrected chi connectivity index (χ4v) is 2.50. The van der Waals surface area contributed by atoms with Crippen LogP contribution in [0.15, 0.2) is 36.4 Å². The molecular weight excluding hydrogens is 240 g/mol. The molecule has 1 rings (SSSR count). The van der Waals surface area contributed by atoms with E-state index in [4.69, 9.17) is 0 Å². The molecule has 1 aromatic carbocycles. The second kappa shape index (κ2) is 10.7. The van der Waals surface area contributed by atoms with Gasteiger partial charge < -0.3 is 0 Å². The maximum absolute atomic E-state index is 2.37. The number of aryl methyl sites for hydroxylation is 1. The van der Waals surface area contributed by atoms with Gasteiger partial charge in [0.25, 0.3) is 0 Å². The molecule has 0 aliphatic rings. The van der Waals surface area contributed by atoms with Crippen LogP contribution in [-0.2, 0) is 0 Å². The average Bonchev–Trinajstić information content (AvgIpc) is 2.46. The van der Waals surface area contributed by atoms with Gasteiger partial charge in [-0.15, -0.1) is 0 Å². The molecule has 1 atom stereocenters. The highest BCUT2D eigenvalue weighted by Gasteiger charge is 1.99. The van der Waals surface area contributed by atoms with Crippen LogP contribution < -0.4 is 0 Å². The van der Waals surface area contributed by atoms with Crippen LogP contribution in [0, 0.1) is 6.92 Å². The van der Waals surface area contributed by atoms with Gasteiger partial charge in [0.2, 0.25) is 0 Å². The Bertz CT molecular complexity index is 358. The molecule has 0 amide bonds. The maximum atomic E-state index is 2.37. The predicted molar refractivity (Wildman–Crippen MR) is 91.3 cm³/mol. The lowest BCUT2D eigenvalue weighted by Crippen LogP contribution is -1.88. The van der Waals surface area contributed by atoms with Crippen molar-refractivity contribution in [3.8, 4) is 0 Å². The largest absolute Gasteiger partial charge is 0.0879 e. The highest BCUT2D eigenvalue weighted by atomic mass is 14.0. The topological polar surface area (TPSA) is 0 Å². The Morgan fingerprint density at radius 2 is 1.50 bits per heavy atom. The summed E-state index contributed by atoms with van der Waals surface area (Å²) in [5, 5.41) is 0. The first kappa shape index (κ1) is 17.0. The molecule has 0 heteroatoms. The first-order valence-corrected chi connectivity index (χ1v) is 8.47. The third-order valence-electron chi connectivity index (χ3n) is 4.00. The zero-order valence-electron chi connectivity index (χ0n) is 13.7. The van der Waals surface area contributed by atoms with Crippen LogP contribution in [0.25, 0.3) is 0 Å². The second-order valence-corrected chi connectivity index (χ2v) is 6.04. The van der Waals surface area contributed by atoms with Crippen molar-refractivity contribution < 1.29 is 0 Å². The van der Waals surface area contributed by atoms with Crippen molar-refractivity contribution in [1.82, 2.24) is 0 Å². The fraction of sp³-hybridized carbons (Fsp3) is 0.600. The van der Waals surface area contributed by atoms with Crippen LogP contribution >= 0.6 is 0 Å². The van der Waals surface area contributed by atoms with Gasteiger partial charge in [0.15, 0.2) is 0 Å². The summed E-state index contributed by atoms with van der Waals surface area (Å²) in [6.45, 7) is 6.71. The Balaban J connectivity index is 2.10. The molecule has 0 heterocycles. The van der Waals surface area contributed by atoms with Gasteiger partial charge in [-0.2, -0.15) is 0 Å². The number of benzene rings is 1. The van der Waals surface area contributed by atoms with E-state index in [2.05, 4.69) is 57.2 Å². The minimum Gasteiger partial charge on any atom is -0.0879 e. The van der Waals surface area contributed by atoms with Gasteiger partial charge in [-0.3, -0.25) is 0 Å². The molecule has 0 nitrogen and oxygen atoms in total. The van der Waals surface area contributed by atoms with Crippen LogP contribution in [0.2, 0.25) is 0 Å². The number of allylic oxidation sites excluding steroid dienone is 2. The van der Waals surface area contributed by atoms with Gasteiger partial charge in [0, 0.05) is 0 Å². The molecule has 20 heavy (non-hydrogen) atoms. The van der Waals surface area contributed by atoms with E-state index in [0.29, 0.717) is 5.92 Å². The van der Waals surface area contributed by atoms with Crippen molar-refractivity contribution in [2.45, 2.75) is 78.1 Å². The minimum absolute atomic E-state index is 0.542. The predicted octanol–water partition coefficient (Wildman–Crippen LogP) is 6.80. The first-order chi connectivity index (χ1) is 9.74. The minimum atomic E-state index is 0.542. The Labute approximate surface area is 126 Å². The molecule has 0 bridgehead atoms. The van der Waals surface area contributed by atoms with E-state index in [-0.39, 0.29) is 0 Å². The highest BCUT2D eigenvalue weighted by molar-refractivity contribution is 5.26. The average molecular weight is 272 g/mol. The zero-order valence-corrected chi connectivity index (χ0v) is 13.7.